The van der Waals surface area contributed by atoms with Crippen LogP contribution in [0.4, 0.5) is 0 Å². The van der Waals surface area contributed by atoms with Gasteiger partial charge in [-0.3, -0.25) is 4.90 Å². The van der Waals surface area contributed by atoms with Gasteiger partial charge in [0, 0.05) is 13.1 Å². The molecule has 2 aromatic carbocycles. The molecule has 20 heavy (non-hydrogen) atoms. The minimum absolute atomic E-state index is 0.898. The van der Waals surface area contributed by atoms with Gasteiger partial charge in [0.25, 0.3) is 0 Å². The van der Waals surface area contributed by atoms with Gasteiger partial charge in [0.2, 0.25) is 0 Å². The maximum Gasteiger partial charge on any atom is 0.0594 e. The predicted molar refractivity (Wildman–Crippen MR) is 84.3 cm³/mol. The summed E-state index contributed by atoms with van der Waals surface area (Å²) in [5.41, 5.74) is 2.79. The maximum absolute atomic E-state index is 5.38. The molecular weight excluding hydrogens is 246 g/mol. The van der Waals surface area contributed by atoms with Crippen molar-refractivity contribution < 1.29 is 4.74 Å². The molecule has 0 aliphatic carbocycles. The zero-order valence-electron chi connectivity index (χ0n) is 12.3. The average molecular weight is 269 g/mol. The van der Waals surface area contributed by atoms with Crippen molar-refractivity contribution in [2.24, 2.45) is 0 Å². The van der Waals surface area contributed by atoms with E-state index in [4.69, 9.17) is 4.74 Å². The highest BCUT2D eigenvalue weighted by atomic mass is 16.5. The summed E-state index contributed by atoms with van der Waals surface area (Å²) in [6.45, 7) is 7.33. The highest BCUT2D eigenvalue weighted by Gasteiger charge is 2.09. The molecule has 2 nitrogen and oxygen atoms in total. The van der Waals surface area contributed by atoms with Crippen molar-refractivity contribution >= 4 is 10.8 Å². The Labute approximate surface area is 121 Å². The lowest BCUT2D eigenvalue weighted by Crippen LogP contribution is -2.36. The molecule has 1 saturated heterocycles. The summed E-state index contributed by atoms with van der Waals surface area (Å²) >= 11 is 0. The van der Waals surface area contributed by atoms with Gasteiger partial charge in [0.1, 0.15) is 0 Å². The zero-order valence-corrected chi connectivity index (χ0v) is 12.3. The van der Waals surface area contributed by atoms with Crippen LogP contribution in [-0.2, 0) is 11.2 Å². The summed E-state index contributed by atoms with van der Waals surface area (Å²) in [6, 6.07) is 13.5. The first-order chi connectivity index (χ1) is 9.81. The third kappa shape index (κ3) is 3.38. The summed E-state index contributed by atoms with van der Waals surface area (Å²) in [6.07, 6.45) is 2.40. The molecule has 0 aromatic heterocycles. The molecule has 1 heterocycles. The minimum Gasteiger partial charge on any atom is -0.379 e. The minimum atomic E-state index is 0.898. The number of fused-ring (bicyclic) bond motifs is 1. The largest absolute Gasteiger partial charge is 0.379 e. The summed E-state index contributed by atoms with van der Waals surface area (Å²) in [5.74, 6) is 0. The van der Waals surface area contributed by atoms with Gasteiger partial charge >= 0.3 is 0 Å². The number of morpholine rings is 1. The number of benzene rings is 2. The molecule has 0 bridgehead atoms. The Morgan fingerprint density at radius 1 is 1.00 bits per heavy atom. The zero-order chi connectivity index (χ0) is 13.8. The third-order valence-electron chi connectivity index (χ3n) is 4.10. The van der Waals surface area contributed by atoms with Gasteiger partial charge in [-0.2, -0.15) is 0 Å². The standard InChI is InChI=1S/C18H23NO/c1-15-4-6-17-7-5-16(14-18(17)13-15)3-2-8-19-9-11-20-12-10-19/h4-7,13-14H,2-3,8-12H2,1H3. The Morgan fingerprint density at radius 3 is 2.65 bits per heavy atom. The van der Waals surface area contributed by atoms with Crippen LogP contribution in [0.25, 0.3) is 10.8 Å². The molecule has 3 rings (SSSR count). The van der Waals surface area contributed by atoms with Crippen LogP contribution in [0.5, 0.6) is 0 Å². The van der Waals surface area contributed by atoms with Crippen LogP contribution in [-0.4, -0.2) is 37.7 Å². The number of hydrogen-bond acceptors (Lipinski definition) is 2. The van der Waals surface area contributed by atoms with Crippen LogP contribution >= 0.6 is 0 Å². The summed E-state index contributed by atoms with van der Waals surface area (Å²) in [4.78, 5) is 2.51. The first-order valence-electron chi connectivity index (χ1n) is 7.61. The third-order valence-corrected chi connectivity index (χ3v) is 4.10. The van der Waals surface area contributed by atoms with E-state index in [1.54, 1.807) is 0 Å². The molecule has 106 valence electrons. The topological polar surface area (TPSA) is 12.5 Å². The Morgan fingerprint density at radius 2 is 1.80 bits per heavy atom. The first kappa shape index (κ1) is 13.6. The number of aryl methyl sites for hydroxylation is 2. The Balaban J connectivity index is 1.59. The van der Waals surface area contributed by atoms with Crippen LogP contribution in [0.1, 0.15) is 17.5 Å². The second kappa shape index (κ2) is 6.38. The van der Waals surface area contributed by atoms with Crippen molar-refractivity contribution in [2.45, 2.75) is 19.8 Å². The van der Waals surface area contributed by atoms with Crippen molar-refractivity contribution in [1.29, 1.82) is 0 Å². The van der Waals surface area contributed by atoms with Gasteiger partial charge in [0.15, 0.2) is 0 Å². The van der Waals surface area contributed by atoms with E-state index in [1.165, 1.54) is 41.3 Å². The Kier molecular flexibility index (Phi) is 4.34. The fourth-order valence-corrected chi connectivity index (χ4v) is 2.90. The fourth-order valence-electron chi connectivity index (χ4n) is 2.90. The predicted octanol–water partition coefficient (Wildman–Crippen LogP) is 3.41. The van der Waals surface area contributed by atoms with Crippen molar-refractivity contribution in [2.75, 3.05) is 32.8 Å². The van der Waals surface area contributed by atoms with E-state index in [0.717, 1.165) is 26.3 Å². The molecule has 1 fully saturated rings. The van der Waals surface area contributed by atoms with Crippen molar-refractivity contribution in [3.05, 3.63) is 47.5 Å². The monoisotopic (exact) mass is 269 g/mol. The number of hydrogen-bond donors (Lipinski definition) is 0. The van der Waals surface area contributed by atoms with Crippen LogP contribution in [0.3, 0.4) is 0 Å². The second-order valence-electron chi connectivity index (χ2n) is 5.74. The summed E-state index contributed by atoms with van der Waals surface area (Å²) < 4.78 is 5.38. The van der Waals surface area contributed by atoms with E-state index in [9.17, 15) is 0 Å². The molecule has 0 N–H and O–H groups in total. The van der Waals surface area contributed by atoms with Crippen LogP contribution in [0, 0.1) is 6.92 Å². The summed E-state index contributed by atoms with van der Waals surface area (Å²) in [7, 11) is 0. The summed E-state index contributed by atoms with van der Waals surface area (Å²) in [5, 5.41) is 2.71. The lowest BCUT2D eigenvalue weighted by molar-refractivity contribution is 0.0375. The van der Waals surface area contributed by atoms with E-state index in [-0.39, 0.29) is 0 Å². The molecule has 1 aliphatic heterocycles. The van der Waals surface area contributed by atoms with Gasteiger partial charge in [-0.1, -0.05) is 42.0 Å². The van der Waals surface area contributed by atoms with Crippen molar-refractivity contribution in [3.8, 4) is 0 Å². The molecule has 2 aromatic rings. The smallest absolute Gasteiger partial charge is 0.0594 e. The molecule has 0 saturated carbocycles. The number of nitrogens with zero attached hydrogens (tertiary/aromatic N) is 1. The SMILES string of the molecule is Cc1ccc2ccc(CCCN3CCOCC3)cc2c1. The Bertz CT molecular complexity index is 573. The second-order valence-corrected chi connectivity index (χ2v) is 5.74. The normalized spacial score (nSPS) is 16.6. The molecule has 1 aliphatic rings. The number of ether oxygens (including phenoxy) is 1. The van der Waals surface area contributed by atoms with Gasteiger partial charge in [-0.25, -0.2) is 0 Å². The molecule has 0 amide bonds. The van der Waals surface area contributed by atoms with Crippen molar-refractivity contribution in [3.63, 3.8) is 0 Å². The van der Waals surface area contributed by atoms with Crippen molar-refractivity contribution in [1.82, 2.24) is 4.90 Å². The maximum atomic E-state index is 5.38. The van der Waals surface area contributed by atoms with E-state index >= 15 is 0 Å². The van der Waals surface area contributed by atoms with E-state index < -0.39 is 0 Å². The van der Waals surface area contributed by atoms with Crippen LogP contribution < -0.4 is 0 Å². The molecule has 0 spiro atoms. The van der Waals surface area contributed by atoms with Crippen LogP contribution in [0.2, 0.25) is 0 Å². The Hall–Kier alpha value is -1.38. The first-order valence-corrected chi connectivity index (χ1v) is 7.61. The molecule has 0 radical (unpaired) electrons. The van der Waals surface area contributed by atoms with E-state index in [0.29, 0.717) is 0 Å². The molecular formula is C18H23NO. The van der Waals surface area contributed by atoms with E-state index in [1.807, 2.05) is 0 Å². The fraction of sp³-hybridized carbons (Fsp3) is 0.444. The highest BCUT2D eigenvalue weighted by molar-refractivity contribution is 5.83. The lowest BCUT2D eigenvalue weighted by atomic mass is 10.0. The number of rotatable bonds is 4. The van der Waals surface area contributed by atoms with Gasteiger partial charge < -0.3 is 4.74 Å². The lowest BCUT2D eigenvalue weighted by Gasteiger charge is -2.26. The molecule has 0 unspecified atom stereocenters. The van der Waals surface area contributed by atoms with Gasteiger partial charge in [0.05, 0.1) is 13.2 Å². The van der Waals surface area contributed by atoms with E-state index in [2.05, 4.69) is 48.2 Å². The van der Waals surface area contributed by atoms with Crippen LogP contribution in [0.15, 0.2) is 36.4 Å². The molecule has 2 heteroatoms. The highest BCUT2D eigenvalue weighted by Crippen LogP contribution is 2.18. The average Bonchev–Trinajstić information content (AvgIpc) is 2.48. The molecule has 0 atom stereocenters. The quantitative estimate of drug-likeness (QED) is 0.843. The van der Waals surface area contributed by atoms with Gasteiger partial charge in [-0.05, 0) is 42.6 Å². The van der Waals surface area contributed by atoms with Gasteiger partial charge in [-0.15, -0.1) is 0 Å².